The van der Waals surface area contributed by atoms with Gasteiger partial charge in [-0.1, -0.05) is 12.1 Å². The summed E-state index contributed by atoms with van der Waals surface area (Å²) in [7, 11) is 0. The number of amides is 1. The number of carbonyl (C=O) groups is 2. The minimum Gasteiger partial charge on any atom is -0.483 e. The average Bonchev–Trinajstić information content (AvgIpc) is 2.45. The van der Waals surface area contributed by atoms with E-state index in [9.17, 15) is 9.59 Å². The van der Waals surface area contributed by atoms with Crippen LogP contribution in [-0.4, -0.2) is 42.3 Å². The quantitative estimate of drug-likeness (QED) is 0.839. The lowest BCUT2D eigenvalue weighted by molar-refractivity contribution is -0.134. The van der Waals surface area contributed by atoms with Crippen LogP contribution in [0.4, 0.5) is 0 Å². The zero-order chi connectivity index (χ0) is 14.5. The number of benzene rings is 1. The second-order valence-electron chi connectivity index (χ2n) is 5.06. The number of nitrogens with two attached hydrogens (primary N) is 1. The Morgan fingerprint density at radius 3 is 2.60 bits per heavy atom. The number of carbonyl (C=O) groups excluding carboxylic acids is 2. The Hall–Kier alpha value is -1.88. The molecule has 1 amide bonds. The highest BCUT2D eigenvalue weighted by molar-refractivity contribution is 5.96. The molecule has 1 aliphatic rings. The van der Waals surface area contributed by atoms with Gasteiger partial charge in [0.15, 0.2) is 12.4 Å². The van der Waals surface area contributed by atoms with E-state index in [1.54, 1.807) is 29.2 Å². The molecule has 0 saturated carbocycles. The smallest absolute Gasteiger partial charge is 0.260 e. The molecule has 0 radical (unpaired) electrons. The second-order valence-corrected chi connectivity index (χ2v) is 5.06. The molecule has 1 fully saturated rings. The van der Waals surface area contributed by atoms with Gasteiger partial charge in [-0.2, -0.15) is 0 Å². The van der Waals surface area contributed by atoms with Crippen LogP contribution >= 0.6 is 0 Å². The topological polar surface area (TPSA) is 72.6 Å². The van der Waals surface area contributed by atoms with Gasteiger partial charge in [-0.05, 0) is 31.9 Å². The first kappa shape index (κ1) is 14.5. The zero-order valence-electron chi connectivity index (χ0n) is 11.7. The predicted octanol–water partition coefficient (Wildman–Crippen LogP) is 1.22. The third kappa shape index (κ3) is 3.57. The van der Waals surface area contributed by atoms with Gasteiger partial charge in [0.25, 0.3) is 5.91 Å². The van der Waals surface area contributed by atoms with Crippen molar-refractivity contribution < 1.29 is 14.3 Å². The molecule has 1 aromatic carbocycles. The maximum atomic E-state index is 12.0. The summed E-state index contributed by atoms with van der Waals surface area (Å²) in [5.74, 6) is 0.328. The van der Waals surface area contributed by atoms with Crippen LogP contribution in [-0.2, 0) is 4.79 Å². The van der Waals surface area contributed by atoms with Gasteiger partial charge in [-0.3, -0.25) is 9.59 Å². The van der Waals surface area contributed by atoms with Crippen molar-refractivity contribution in [1.29, 1.82) is 0 Å². The van der Waals surface area contributed by atoms with Crippen molar-refractivity contribution in [3.05, 3.63) is 29.8 Å². The molecule has 0 bridgehead atoms. The number of rotatable bonds is 4. The Morgan fingerprint density at radius 1 is 1.30 bits per heavy atom. The lowest BCUT2D eigenvalue weighted by Crippen LogP contribution is -2.44. The average molecular weight is 276 g/mol. The van der Waals surface area contributed by atoms with Crippen molar-refractivity contribution in [2.75, 3.05) is 19.7 Å². The first-order valence-electron chi connectivity index (χ1n) is 6.84. The second kappa shape index (κ2) is 6.52. The predicted molar refractivity (Wildman–Crippen MR) is 75.7 cm³/mol. The summed E-state index contributed by atoms with van der Waals surface area (Å²) in [6, 6.07) is 7.15. The van der Waals surface area contributed by atoms with E-state index in [0.29, 0.717) is 24.4 Å². The van der Waals surface area contributed by atoms with E-state index >= 15 is 0 Å². The first-order valence-corrected chi connectivity index (χ1v) is 6.84. The van der Waals surface area contributed by atoms with Crippen molar-refractivity contribution >= 4 is 11.7 Å². The number of ketones is 1. The van der Waals surface area contributed by atoms with Crippen molar-refractivity contribution in [2.24, 2.45) is 5.73 Å². The van der Waals surface area contributed by atoms with Crippen LogP contribution in [0.3, 0.4) is 0 Å². The van der Waals surface area contributed by atoms with Crippen molar-refractivity contribution in [2.45, 2.75) is 25.8 Å². The highest BCUT2D eigenvalue weighted by atomic mass is 16.5. The summed E-state index contributed by atoms with van der Waals surface area (Å²) < 4.78 is 5.50. The largest absolute Gasteiger partial charge is 0.483 e. The zero-order valence-corrected chi connectivity index (χ0v) is 11.7. The number of piperidine rings is 1. The molecular formula is C15H20N2O3. The summed E-state index contributed by atoms with van der Waals surface area (Å²) in [6.07, 6.45) is 1.66. The van der Waals surface area contributed by atoms with Crippen LogP contribution < -0.4 is 10.5 Å². The van der Waals surface area contributed by atoms with Crippen molar-refractivity contribution in [1.82, 2.24) is 4.90 Å². The Morgan fingerprint density at radius 2 is 1.95 bits per heavy atom. The molecule has 2 rings (SSSR count). The fourth-order valence-electron chi connectivity index (χ4n) is 2.26. The van der Waals surface area contributed by atoms with Crippen LogP contribution in [0.25, 0.3) is 0 Å². The van der Waals surface area contributed by atoms with Gasteiger partial charge in [0.2, 0.25) is 0 Å². The normalized spacial score (nSPS) is 16.0. The number of hydrogen-bond acceptors (Lipinski definition) is 4. The third-order valence-corrected chi connectivity index (χ3v) is 3.51. The molecule has 1 aliphatic heterocycles. The molecule has 5 heteroatoms. The molecule has 108 valence electrons. The molecule has 0 unspecified atom stereocenters. The standard InChI is InChI=1S/C15H20N2O3/c1-11(18)13-4-2-3-5-14(13)20-10-15(19)17-8-6-12(16)7-9-17/h2-5,12H,6-10,16H2,1H3. The van der Waals surface area contributed by atoms with Crippen LogP contribution in [0.1, 0.15) is 30.1 Å². The highest BCUT2D eigenvalue weighted by Gasteiger charge is 2.21. The molecule has 0 aliphatic carbocycles. The molecule has 1 heterocycles. The molecule has 0 spiro atoms. The minimum absolute atomic E-state index is 0.0421. The van der Waals surface area contributed by atoms with E-state index in [2.05, 4.69) is 0 Å². The van der Waals surface area contributed by atoms with E-state index in [1.165, 1.54) is 6.92 Å². The molecule has 0 atom stereocenters. The highest BCUT2D eigenvalue weighted by Crippen LogP contribution is 2.18. The fourth-order valence-corrected chi connectivity index (χ4v) is 2.26. The van der Waals surface area contributed by atoms with Crippen LogP contribution in [0, 0.1) is 0 Å². The monoisotopic (exact) mass is 276 g/mol. The minimum atomic E-state index is -0.0722. The molecule has 1 aromatic rings. The van der Waals surface area contributed by atoms with Gasteiger partial charge in [-0.15, -0.1) is 0 Å². The number of nitrogens with zero attached hydrogens (tertiary/aromatic N) is 1. The lowest BCUT2D eigenvalue weighted by atomic mass is 10.1. The summed E-state index contributed by atoms with van der Waals surface area (Å²) in [5.41, 5.74) is 6.31. The molecule has 1 saturated heterocycles. The number of ether oxygens (including phenoxy) is 1. The summed E-state index contributed by atoms with van der Waals surface area (Å²) >= 11 is 0. The van der Waals surface area contributed by atoms with E-state index in [-0.39, 0.29) is 24.3 Å². The first-order chi connectivity index (χ1) is 9.58. The van der Waals surface area contributed by atoms with E-state index < -0.39 is 0 Å². The maximum Gasteiger partial charge on any atom is 0.260 e. The molecular weight excluding hydrogens is 256 g/mol. The molecule has 5 nitrogen and oxygen atoms in total. The number of para-hydroxylation sites is 1. The molecule has 2 N–H and O–H groups in total. The van der Waals surface area contributed by atoms with Gasteiger partial charge in [0.05, 0.1) is 5.56 Å². The SMILES string of the molecule is CC(=O)c1ccccc1OCC(=O)N1CCC(N)CC1. The Labute approximate surface area is 118 Å². The third-order valence-electron chi connectivity index (χ3n) is 3.51. The van der Waals surface area contributed by atoms with Crippen molar-refractivity contribution in [3.8, 4) is 5.75 Å². The lowest BCUT2D eigenvalue weighted by Gasteiger charge is -2.30. The molecule has 20 heavy (non-hydrogen) atoms. The number of Topliss-reactive ketones (excluding diaryl/α,β-unsaturated/α-hetero) is 1. The number of likely N-dealkylation sites (tertiary alicyclic amines) is 1. The number of hydrogen-bond donors (Lipinski definition) is 1. The van der Waals surface area contributed by atoms with Crippen LogP contribution in [0.15, 0.2) is 24.3 Å². The van der Waals surface area contributed by atoms with Gasteiger partial charge in [0, 0.05) is 19.1 Å². The van der Waals surface area contributed by atoms with Crippen LogP contribution in [0.2, 0.25) is 0 Å². The Bertz CT molecular complexity index is 494. The van der Waals surface area contributed by atoms with E-state index in [0.717, 1.165) is 12.8 Å². The van der Waals surface area contributed by atoms with E-state index in [4.69, 9.17) is 10.5 Å². The summed E-state index contributed by atoms with van der Waals surface area (Å²) in [4.78, 5) is 25.3. The maximum absolute atomic E-state index is 12.0. The Kier molecular flexibility index (Phi) is 4.74. The molecule has 0 aromatic heterocycles. The van der Waals surface area contributed by atoms with Gasteiger partial charge < -0.3 is 15.4 Å². The summed E-state index contributed by atoms with van der Waals surface area (Å²) in [6.45, 7) is 2.80. The summed E-state index contributed by atoms with van der Waals surface area (Å²) in [5, 5.41) is 0. The fraction of sp³-hybridized carbons (Fsp3) is 0.467. The van der Waals surface area contributed by atoms with Crippen LogP contribution in [0.5, 0.6) is 5.75 Å². The van der Waals surface area contributed by atoms with E-state index in [1.807, 2.05) is 0 Å². The Balaban J connectivity index is 1.92. The van der Waals surface area contributed by atoms with Crippen molar-refractivity contribution in [3.63, 3.8) is 0 Å². The van der Waals surface area contributed by atoms with Gasteiger partial charge in [0.1, 0.15) is 5.75 Å². The van der Waals surface area contributed by atoms with Gasteiger partial charge >= 0.3 is 0 Å². The van der Waals surface area contributed by atoms with Gasteiger partial charge in [-0.25, -0.2) is 0 Å².